The first-order valence-electron chi connectivity index (χ1n) is 0. The van der Waals surface area contributed by atoms with Gasteiger partial charge in [0.1, 0.15) is 0 Å². The van der Waals surface area contributed by atoms with Gasteiger partial charge < -0.3 is 0 Å². The van der Waals surface area contributed by atoms with Gasteiger partial charge >= 0.3 is 0 Å². The second-order valence-electron chi connectivity index (χ2n) is 0. The summed E-state index contributed by atoms with van der Waals surface area (Å²) in [5.74, 6) is 0. The fourth-order valence-corrected chi connectivity index (χ4v) is 0. The first-order valence-corrected chi connectivity index (χ1v) is 0. The van der Waals surface area contributed by atoms with E-state index in [4.69, 9.17) is 0 Å². The summed E-state index contributed by atoms with van der Waals surface area (Å²) in [6.45, 7) is 0. The van der Waals surface area contributed by atoms with Crippen LogP contribution in [0.3, 0.4) is 0 Å². The average Bonchev–Trinajstić information content (AvgIpc) is 0. The molecule has 0 aromatic heterocycles. The van der Waals surface area contributed by atoms with Crippen LogP contribution in [0.15, 0.2) is 0 Å². The molecule has 0 saturated carbocycles. The number of rotatable bonds is 0. The zero-order valence-electron chi connectivity index (χ0n) is 2.28. The zero-order valence-corrected chi connectivity index (χ0v) is 7.25. The van der Waals surface area contributed by atoms with E-state index < -0.39 is 0 Å². The van der Waals surface area contributed by atoms with Gasteiger partial charge in [0.05, 0.1) is 0 Å². The average molecular weight is 137 g/mol. The number of hydrogen-bond donors (Lipinski definition) is 0. The van der Waals surface area contributed by atoms with Crippen LogP contribution < -0.4 is 0 Å². The molecule has 0 unspecified atom stereocenters. The summed E-state index contributed by atoms with van der Waals surface area (Å²) >= 11 is 0. The molecular weight excluding hydrogens is 131 g/mol. The Kier molecular flexibility index (Phi) is 329. The van der Waals surface area contributed by atoms with Crippen molar-refractivity contribution in [1.82, 2.24) is 0 Å². The maximum absolute atomic E-state index is 0. The molecule has 0 amide bonds. The molecule has 0 aromatic rings. The van der Waals surface area contributed by atoms with E-state index in [0.717, 1.165) is 0 Å². The van der Waals surface area contributed by atoms with Gasteiger partial charge in [0.25, 0.3) is 0 Å². The van der Waals surface area contributed by atoms with Gasteiger partial charge in [0.15, 0.2) is 17.4 Å². The van der Waals surface area contributed by atoms with Gasteiger partial charge in [-0.15, -0.1) is 0 Å². The van der Waals surface area contributed by atoms with Gasteiger partial charge in [-0.05, 0) is 11.0 Å². The molecule has 4 heavy (non-hydrogen) atoms. The van der Waals surface area contributed by atoms with Crippen molar-refractivity contribution in [3.8, 4) is 0 Å². The van der Waals surface area contributed by atoms with Crippen LogP contribution in [0, 0.1) is 0 Å². The SMILES string of the molecule is [AlH3].[B].[SiH3].[Zn]. The predicted molar refractivity (Wildman–Crippen MR) is 25.6 cm³/mol. The molecule has 0 aliphatic carbocycles. The van der Waals surface area contributed by atoms with E-state index in [2.05, 4.69) is 0 Å². The molecule has 0 aliphatic rings. The molecule has 0 heterocycles. The molecule has 0 bridgehead atoms. The Balaban J connectivity index is 0. The third-order valence-electron chi connectivity index (χ3n) is 0. The quantitative estimate of drug-likeness (QED) is 0.318. The molecule has 4 heteroatoms. The van der Waals surface area contributed by atoms with Crippen molar-refractivity contribution in [2.75, 3.05) is 0 Å². The molecule has 0 N–H and O–H groups in total. The smallest absolute Gasteiger partial charge is 0.0125 e. The van der Waals surface area contributed by atoms with Crippen LogP contribution in [-0.4, -0.2) is 36.7 Å². The number of hydrogen-bond acceptors (Lipinski definition) is 0. The van der Waals surface area contributed by atoms with Crippen LogP contribution >= 0.6 is 0 Å². The monoisotopic (exact) mass is 136 g/mol. The Morgan fingerprint density at radius 3 is 1.00 bits per heavy atom. The van der Waals surface area contributed by atoms with E-state index in [9.17, 15) is 0 Å². The van der Waals surface area contributed by atoms with Gasteiger partial charge in [-0.25, -0.2) is 0 Å². The van der Waals surface area contributed by atoms with Gasteiger partial charge in [-0.2, -0.15) is 0 Å². The maximum Gasteiger partial charge on any atom is 0.187 e. The first kappa shape index (κ1) is 51.8. The van der Waals surface area contributed by atoms with Gasteiger partial charge in [-0.1, -0.05) is 0 Å². The largest absolute Gasteiger partial charge is 0.187 e. The summed E-state index contributed by atoms with van der Waals surface area (Å²) in [4.78, 5) is 0. The van der Waals surface area contributed by atoms with Gasteiger partial charge in [-0.3, -0.25) is 0 Å². The summed E-state index contributed by atoms with van der Waals surface area (Å²) in [6, 6.07) is 0. The molecule has 0 nitrogen and oxygen atoms in total. The predicted octanol–water partition coefficient (Wildman–Crippen LogP) is -2.75. The van der Waals surface area contributed by atoms with E-state index in [1.54, 1.807) is 0 Å². The van der Waals surface area contributed by atoms with Gasteiger partial charge in [0, 0.05) is 27.9 Å². The van der Waals surface area contributed by atoms with Crippen molar-refractivity contribution in [2.24, 2.45) is 0 Å². The Bertz CT molecular complexity index is 8.00. The first-order chi connectivity index (χ1) is 0. The zero-order chi connectivity index (χ0) is 0. The topological polar surface area (TPSA) is 0 Å². The Hall–Kier alpha value is 1.44. The van der Waals surface area contributed by atoms with Crippen molar-refractivity contribution < 1.29 is 19.5 Å². The molecule has 0 saturated heterocycles. The summed E-state index contributed by atoms with van der Waals surface area (Å²) in [7, 11) is 0. The fraction of sp³-hybridized carbons (Fsp3) is 0. The van der Waals surface area contributed by atoms with E-state index in [1.165, 1.54) is 0 Å². The van der Waals surface area contributed by atoms with Crippen LogP contribution in [0.4, 0.5) is 0 Å². The second kappa shape index (κ2) is 25.4. The third kappa shape index (κ3) is 9.88. The molecule has 0 aromatic carbocycles. The third-order valence-corrected chi connectivity index (χ3v) is 0. The second-order valence-corrected chi connectivity index (χ2v) is 0. The van der Waals surface area contributed by atoms with E-state index in [-0.39, 0.29) is 56.2 Å². The Morgan fingerprint density at radius 1 is 1.00 bits per heavy atom. The normalized spacial score (nSPS) is 0. The van der Waals surface area contributed by atoms with Gasteiger partial charge in [0.2, 0.25) is 0 Å². The summed E-state index contributed by atoms with van der Waals surface area (Å²) in [5, 5.41) is 0. The Labute approximate surface area is 56.2 Å². The molecule has 0 atom stereocenters. The van der Waals surface area contributed by atoms with E-state index in [1.807, 2.05) is 0 Å². The van der Waals surface area contributed by atoms with Crippen LogP contribution in [-0.2, 0) is 19.5 Å². The van der Waals surface area contributed by atoms with Crippen LogP contribution in [0.1, 0.15) is 0 Å². The van der Waals surface area contributed by atoms with Crippen molar-refractivity contribution in [1.29, 1.82) is 0 Å². The van der Waals surface area contributed by atoms with Crippen molar-refractivity contribution >= 4 is 36.7 Å². The van der Waals surface area contributed by atoms with Crippen molar-refractivity contribution in [2.45, 2.75) is 0 Å². The minimum Gasteiger partial charge on any atom is -0.0125 e. The molecule has 0 aliphatic heterocycles. The van der Waals surface area contributed by atoms with Crippen LogP contribution in [0.25, 0.3) is 0 Å². The molecule has 0 spiro atoms. The standard InChI is InChI=1S/Al.B.H3Si.Zn.3H/h;;1H3;;;;. The van der Waals surface area contributed by atoms with Crippen LogP contribution in [0.5, 0.6) is 0 Å². The summed E-state index contributed by atoms with van der Waals surface area (Å²) in [5.41, 5.74) is 0. The fourth-order valence-electron chi connectivity index (χ4n) is 0. The minimum absolute atomic E-state index is 0. The van der Waals surface area contributed by atoms with E-state index >= 15 is 0 Å². The molecule has 18 valence electrons. The summed E-state index contributed by atoms with van der Waals surface area (Å²) < 4.78 is 0. The summed E-state index contributed by atoms with van der Waals surface area (Å²) in [6.07, 6.45) is 0. The molecule has 0 fully saturated rings. The van der Waals surface area contributed by atoms with E-state index in [0.29, 0.717) is 0 Å². The van der Waals surface area contributed by atoms with Crippen molar-refractivity contribution in [3.63, 3.8) is 0 Å². The molecular formula is H6AlBSiZn. The minimum atomic E-state index is 0. The van der Waals surface area contributed by atoms with Crippen LogP contribution in [0.2, 0.25) is 0 Å². The van der Waals surface area contributed by atoms with Crippen molar-refractivity contribution in [3.05, 3.63) is 0 Å². The molecule has 4 radical (unpaired) electrons. The maximum atomic E-state index is 0. The molecule has 0 rings (SSSR count). The Morgan fingerprint density at radius 2 is 1.00 bits per heavy atom.